The van der Waals surface area contributed by atoms with E-state index in [1.54, 1.807) is 133 Å². The topological polar surface area (TPSA) is 318 Å². The Hall–Kier alpha value is -15.7. The summed E-state index contributed by atoms with van der Waals surface area (Å²) in [5.41, 5.74) is 3.28. The molecule has 26 nitrogen and oxygen atoms in total. The molecule has 17 aromatic rings. The standard InChI is InChI=1S/C104H74N2O24/c107-59-31-27-55(28-32-59)35-81(103(113)123-45-57-11-5-23-75-73-21-1-3-25-83(73)129-97(57)75)105-99(109)77-41-85(125-65-17-7-13-61(37-65)115-47-69-51-119-69)91-93-87(127-67-19-9-15-63(39-67)117-49-71-53-121-71)43-79-90-80(102(112)106(101(79)111)82(36-56-29-33-60(108)34-30-56)104(114)124-46-58-12-6-24-76-74-22-2-4-26-84(74)130-98(58)76)44-88(128-68-20-10-16-64(40-68)118-50-72-54-122-72)94(96(90)93)92-86(42-78(100(105)110)89(77)95(91)92)126-66-18-8-14-62(38-66)116-48-70-52-120-70/h1-34,37-44,69-72,81-82,107-108H,35-36,45-54H2. The molecule has 2 N–H and O–H groups in total. The summed E-state index contributed by atoms with van der Waals surface area (Å²) in [5, 5.41) is 25.3. The molecule has 23 rings (SSSR count). The Kier molecular flexibility index (Phi) is 19.6. The number of amides is 4. The second-order valence-corrected chi connectivity index (χ2v) is 32.8. The van der Waals surface area contributed by atoms with Crippen molar-refractivity contribution < 1.29 is 114 Å². The molecule has 6 aliphatic rings. The summed E-state index contributed by atoms with van der Waals surface area (Å²) in [5.74, 6) is -4.33. The Labute approximate surface area is 737 Å². The van der Waals surface area contributed by atoms with Crippen LogP contribution in [0.25, 0.3) is 87.0 Å². The number of ether oxygens (including phenoxy) is 14. The zero-order valence-electron chi connectivity index (χ0n) is 69.0. The summed E-state index contributed by atoms with van der Waals surface area (Å²) in [4.78, 5) is 102. The lowest BCUT2D eigenvalue weighted by Gasteiger charge is -2.35. The fourth-order valence-corrected chi connectivity index (χ4v) is 17.5. The van der Waals surface area contributed by atoms with Crippen molar-refractivity contribution in [3.05, 3.63) is 299 Å². The maximum atomic E-state index is 17.1. The first-order valence-corrected chi connectivity index (χ1v) is 42.5. The summed E-state index contributed by atoms with van der Waals surface area (Å²) in [6.45, 7) is 2.03. The normalized spacial score (nSPS) is 17.0. The summed E-state index contributed by atoms with van der Waals surface area (Å²) in [7, 11) is 0. The number of carbonyl (C=O) groups excluding carboxylic acids is 6. The first-order valence-electron chi connectivity index (χ1n) is 42.5. The Morgan fingerprint density at radius 2 is 0.608 bits per heavy atom. The molecule has 26 heteroatoms. The number of furan rings is 2. The van der Waals surface area contributed by atoms with Crippen LogP contribution >= 0.6 is 0 Å². The third kappa shape index (κ3) is 15.0. The van der Waals surface area contributed by atoms with Crippen LogP contribution in [0.2, 0.25) is 0 Å². The van der Waals surface area contributed by atoms with Crippen molar-refractivity contribution in [2.75, 3.05) is 52.9 Å². The van der Waals surface area contributed by atoms with Crippen LogP contribution < -0.4 is 37.9 Å². The van der Waals surface area contributed by atoms with E-state index in [1.165, 1.54) is 48.5 Å². The molecule has 4 fully saturated rings. The lowest BCUT2D eigenvalue weighted by Crippen LogP contribution is -2.52. The van der Waals surface area contributed by atoms with Gasteiger partial charge < -0.3 is 85.4 Å². The molecule has 15 aromatic carbocycles. The zero-order chi connectivity index (χ0) is 87.5. The van der Waals surface area contributed by atoms with Crippen molar-refractivity contribution in [2.45, 2.75) is 62.6 Å². The molecule has 4 amide bonds. The van der Waals surface area contributed by atoms with Gasteiger partial charge >= 0.3 is 11.9 Å². The molecule has 0 radical (unpaired) electrons. The van der Waals surface area contributed by atoms with E-state index in [2.05, 4.69) is 0 Å². The van der Waals surface area contributed by atoms with Gasteiger partial charge in [-0.2, -0.15) is 0 Å². The van der Waals surface area contributed by atoms with Crippen molar-refractivity contribution in [3.8, 4) is 80.5 Å². The molecule has 6 aliphatic heterocycles. The predicted octanol–water partition coefficient (Wildman–Crippen LogP) is 19.1. The number of benzene rings is 15. The Morgan fingerprint density at radius 1 is 0.323 bits per heavy atom. The average Bonchev–Trinajstić information content (AvgIpc) is 1.44. The fraction of sp³-hybridized carbons (Fsp3) is 0.173. The Morgan fingerprint density at radius 3 is 0.915 bits per heavy atom. The second-order valence-electron chi connectivity index (χ2n) is 32.8. The van der Waals surface area contributed by atoms with E-state index in [0.717, 1.165) is 31.3 Å². The molecule has 8 heterocycles. The molecule has 6 unspecified atom stereocenters. The zero-order valence-corrected chi connectivity index (χ0v) is 69.0. The molecule has 0 bridgehead atoms. The quantitative estimate of drug-likeness (QED) is 0.0130. The molecule has 644 valence electrons. The maximum absolute atomic E-state index is 17.1. The van der Waals surface area contributed by atoms with Gasteiger partial charge in [-0.15, -0.1) is 0 Å². The van der Waals surface area contributed by atoms with Crippen LogP contribution in [0.5, 0.6) is 80.5 Å². The highest BCUT2D eigenvalue weighted by Crippen LogP contribution is 2.59. The molecular weight excluding hydrogens is 1660 g/mol. The Bertz CT molecular complexity index is 6820. The predicted molar refractivity (Wildman–Crippen MR) is 474 cm³/mol. The number of aromatic hydroxyl groups is 2. The number of carbonyl (C=O) groups is 6. The number of fused-ring (bicyclic) bond motifs is 8. The number of para-hydroxylation sites is 4. The summed E-state index contributed by atoms with van der Waals surface area (Å²) in [6, 6.07) is 67.6. The van der Waals surface area contributed by atoms with Crippen LogP contribution in [-0.4, -0.2) is 145 Å². The largest absolute Gasteiger partial charge is 0.508 e. The van der Waals surface area contributed by atoms with Gasteiger partial charge in [0.2, 0.25) is 0 Å². The highest BCUT2D eigenvalue weighted by atomic mass is 16.6. The van der Waals surface area contributed by atoms with Gasteiger partial charge in [0.05, 0.1) is 48.7 Å². The number of phenols is 2. The van der Waals surface area contributed by atoms with Crippen LogP contribution in [-0.2, 0) is 64.1 Å². The van der Waals surface area contributed by atoms with E-state index in [4.69, 9.17) is 75.2 Å². The number of rotatable bonds is 32. The third-order valence-electron chi connectivity index (χ3n) is 24.1. The number of hydrogen-bond donors (Lipinski definition) is 2. The lowest BCUT2D eigenvalue weighted by atomic mass is 9.80. The number of imide groups is 2. The highest BCUT2D eigenvalue weighted by Gasteiger charge is 2.48. The van der Waals surface area contributed by atoms with Crippen LogP contribution in [0, 0.1) is 0 Å². The van der Waals surface area contributed by atoms with E-state index in [0.29, 0.717) is 94.0 Å². The van der Waals surface area contributed by atoms with Crippen molar-refractivity contribution in [1.82, 2.24) is 9.80 Å². The van der Waals surface area contributed by atoms with Gasteiger partial charge in [0.25, 0.3) is 23.6 Å². The van der Waals surface area contributed by atoms with Crippen LogP contribution in [0.3, 0.4) is 0 Å². The molecule has 130 heavy (non-hydrogen) atoms. The smallest absolute Gasteiger partial charge is 0.330 e. The first kappa shape index (κ1) is 78.9. The van der Waals surface area contributed by atoms with Crippen LogP contribution in [0.4, 0.5) is 0 Å². The van der Waals surface area contributed by atoms with E-state index < -0.39 is 47.7 Å². The van der Waals surface area contributed by atoms with Crippen molar-refractivity contribution in [3.63, 3.8) is 0 Å². The number of epoxide rings is 4. The molecule has 0 aliphatic carbocycles. The van der Waals surface area contributed by atoms with Gasteiger partial charge in [-0.1, -0.05) is 121 Å². The van der Waals surface area contributed by atoms with Crippen LogP contribution in [0.15, 0.2) is 264 Å². The number of esters is 2. The monoisotopic (exact) mass is 1730 g/mol. The molecule has 2 aromatic heterocycles. The van der Waals surface area contributed by atoms with Gasteiger partial charge in [-0.05, 0) is 120 Å². The van der Waals surface area contributed by atoms with Gasteiger partial charge in [0.15, 0.2) is 0 Å². The minimum Gasteiger partial charge on any atom is -0.508 e. The number of phenolic OH excluding ortho intramolecular Hbond substituents is 2. The SMILES string of the molecule is O=C(OCc1cccc2c1oc1ccccc12)C(Cc1ccc(O)cc1)N1C(=O)c2cc(Oc3cccc(OCC4CO4)c3)c3c4c(Oc5cccc(OCC6CO6)c5)cc5c6c(cc(Oc7cccc(OCC8CO8)c7)c(c7c(Oc8cccc(OCC9CO9)c8)cc(c2c37)C1=O)c64)C(=O)N(C(Cc1ccc(O)cc1)C(=O)OCc1cccc2c1oc1ccccc12)C5=O. The van der Waals surface area contributed by atoms with Gasteiger partial charge in [-0.3, -0.25) is 29.0 Å². The van der Waals surface area contributed by atoms with Crippen molar-refractivity contribution in [2.24, 2.45) is 0 Å². The molecular formula is C104H74N2O24. The first-order chi connectivity index (χ1) is 63.6. The van der Waals surface area contributed by atoms with E-state index in [1.807, 2.05) is 72.8 Å². The van der Waals surface area contributed by atoms with Gasteiger partial charge in [0, 0.05) is 113 Å². The second kappa shape index (κ2) is 32.3. The highest BCUT2D eigenvalue weighted by molar-refractivity contribution is 6.45. The maximum Gasteiger partial charge on any atom is 0.330 e. The fourth-order valence-electron chi connectivity index (χ4n) is 17.5. The lowest BCUT2D eigenvalue weighted by molar-refractivity contribution is -0.150. The number of nitrogens with zero attached hydrogens (tertiary/aromatic N) is 2. The van der Waals surface area contributed by atoms with Crippen molar-refractivity contribution in [1.29, 1.82) is 0 Å². The molecule has 0 saturated carbocycles. The number of hydrogen-bond acceptors (Lipinski definition) is 24. The van der Waals surface area contributed by atoms with E-state index in [9.17, 15) is 10.2 Å². The van der Waals surface area contributed by atoms with E-state index in [-0.39, 0.29) is 200 Å². The minimum absolute atomic E-state index is 0.0177. The molecule has 6 atom stereocenters. The third-order valence-corrected chi connectivity index (χ3v) is 24.1. The van der Waals surface area contributed by atoms with Crippen LogP contribution in [0.1, 0.15) is 63.7 Å². The van der Waals surface area contributed by atoms with Gasteiger partial charge in [-0.25, -0.2) is 9.59 Å². The van der Waals surface area contributed by atoms with Gasteiger partial charge in [0.1, 0.15) is 179 Å². The Balaban J connectivity index is 0.783. The minimum atomic E-state index is -1.75. The van der Waals surface area contributed by atoms with Crippen molar-refractivity contribution >= 4 is 123 Å². The van der Waals surface area contributed by atoms with E-state index >= 15 is 28.8 Å². The average molecular weight is 1740 g/mol. The summed E-state index contributed by atoms with van der Waals surface area (Å²) < 4.78 is 103. The molecule has 0 spiro atoms. The summed E-state index contributed by atoms with van der Waals surface area (Å²) >= 11 is 0. The molecule has 4 saturated heterocycles. The summed E-state index contributed by atoms with van der Waals surface area (Å²) in [6.07, 6.45) is -1.31.